The van der Waals surface area contributed by atoms with Crippen LogP contribution in [0.4, 0.5) is 0 Å². The third-order valence-electron chi connectivity index (χ3n) is 4.25. The van der Waals surface area contributed by atoms with Gasteiger partial charge in [0.05, 0.1) is 23.4 Å². The minimum absolute atomic E-state index is 0.254. The monoisotopic (exact) mass is 367 g/mol. The molecule has 3 aromatic rings. The average molecular weight is 367 g/mol. The second kappa shape index (κ2) is 7.90. The highest BCUT2D eigenvalue weighted by Crippen LogP contribution is 2.17. The summed E-state index contributed by atoms with van der Waals surface area (Å²) < 4.78 is 6.43. The summed E-state index contributed by atoms with van der Waals surface area (Å²) in [6.07, 6.45) is 0. The van der Waals surface area contributed by atoms with Crippen molar-refractivity contribution in [2.45, 2.75) is 26.4 Å². The van der Waals surface area contributed by atoms with Gasteiger partial charge < -0.3 is 10.1 Å². The molecule has 0 aliphatic rings. The third-order valence-corrected chi connectivity index (χ3v) is 4.25. The molecule has 2 aromatic carbocycles. The number of amides is 1. The fourth-order valence-electron chi connectivity index (χ4n) is 2.89. The predicted octanol–water partition coefficient (Wildman–Crippen LogP) is 1.97. The van der Waals surface area contributed by atoms with Gasteiger partial charge in [-0.05, 0) is 43.7 Å². The summed E-state index contributed by atoms with van der Waals surface area (Å²) in [7, 11) is 0. The van der Waals surface area contributed by atoms with E-state index in [0.717, 1.165) is 16.0 Å². The van der Waals surface area contributed by atoms with Crippen LogP contribution >= 0.6 is 0 Å². The van der Waals surface area contributed by atoms with E-state index in [1.807, 2.05) is 38.1 Å². The van der Waals surface area contributed by atoms with Gasteiger partial charge in [0, 0.05) is 0 Å². The summed E-state index contributed by atoms with van der Waals surface area (Å²) in [5.41, 5.74) is 0.0952. The highest BCUT2D eigenvalue weighted by atomic mass is 16.5. The van der Waals surface area contributed by atoms with Crippen molar-refractivity contribution in [2.24, 2.45) is 0 Å². The second-order valence-corrected chi connectivity index (χ2v) is 6.17. The Labute approximate surface area is 155 Å². The van der Waals surface area contributed by atoms with Gasteiger partial charge in [0.1, 0.15) is 12.3 Å². The lowest BCUT2D eigenvalue weighted by Crippen LogP contribution is -2.37. The summed E-state index contributed by atoms with van der Waals surface area (Å²) in [5.74, 6) is 0.393. The normalized spacial score (nSPS) is 11.9. The Morgan fingerprint density at radius 3 is 2.44 bits per heavy atom. The number of aromatic amines is 1. The van der Waals surface area contributed by atoms with Crippen molar-refractivity contribution in [3.8, 4) is 5.75 Å². The van der Waals surface area contributed by atoms with Crippen molar-refractivity contribution in [1.82, 2.24) is 15.1 Å². The van der Waals surface area contributed by atoms with Crippen molar-refractivity contribution in [1.29, 1.82) is 0 Å². The van der Waals surface area contributed by atoms with Gasteiger partial charge >= 0.3 is 0 Å². The number of carbonyl (C=O) groups is 1. The number of carbonyl (C=O) groups excluding carboxylic acids is 1. The number of benzene rings is 2. The highest BCUT2D eigenvalue weighted by molar-refractivity contribution is 5.81. The molecule has 0 saturated heterocycles. The molecule has 1 heterocycles. The van der Waals surface area contributed by atoms with Gasteiger partial charge in [-0.3, -0.25) is 19.5 Å². The number of nitrogens with zero attached hydrogens (tertiary/aromatic N) is 1. The Morgan fingerprint density at radius 1 is 1.11 bits per heavy atom. The first-order valence-electron chi connectivity index (χ1n) is 8.73. The number of hydrogen-bond donors (Lipinski definition) is 2. The van der Waals surface area contributed by atoms with Crippen LogP contribution in [0.1, 0.15) is 25.5 Å². The van der Waals surface area contributed by atoms with E-state index in [0.29, 0.717) is 12.0 Å². The number of hydrogen-bond acceptors (Lipinski definition) is 4. The number of H-pyrrole nitrogens is 1. The standard InChI is InChI=1S/C20H21N3O4/c1-3-27-15-10-8-14(9-11-15)13(2)21-18(24)12-23-20(26)17-7-5-4-6-16(17)19(25)22-23/h4-11,13H,3,12H2,1-2H3,(H,21,24)(H,22,25)/t13-/m0/s1. The van der Waals surface area contributed by atoms with Gasteiger partial charge in [-0.2, -0.15) is 0 Å². The minimum Gasteiger partial charge on any atom is -0.494 e. The first kappa shape index (κ1) is 18.4. The molecule has 0 unspecified atom stereocenters. The Hall–Kier alpha value is -3.35. The van der Waals surface area contributed by atoms with Crippen molar-refractivity contribution in [3.05, 3.63) is 74.8 Å². The minimum atomic E-state index is -0.408. The quantitative estimate of drug-likeness (QED) is 0.697. The lowest BCUT2D eigenvalue weighted by Gasteiger charge is -2.15. The zero-order valence-electron chi connectivity index (χ0n) is 15.2. The van der Waals surface area contributed by atoms with Crippen LogP contribution in [0.25, 0.3) is 10.8 Å². The molecule has 0 radical (unpaired) electrons. The largest absolute Gasteiger partial charge is 0.494 e. The highest BCUT2D eigenvalue weighted by Gasteiger charge is 2.13. The molecule has 0 aliphatic carbocycles. The lowest BCUT2D eigenvalue weighted by atomic mass is 10.1. The van der Waals surface area contributed by atoms with Gasteiger partial charge in [-0.25, -0.2) is 4.68 Å². The van der Waals surface area contributed by atoms with E-state index < -0.39 is 11.1 Å². The number of fused-ring (bicyclic) bond motifs is 1. The molecule has 0 saturated carbocycles. The fourth-order valence-corrected chi connectivity index (χ4v) is 2.89. The first-order valence-corrected chi connectivity index (χ1v) is 8.73. The van der Waals surface area contributed by atoms with Crippen molar-refractivity contribution in [3.63, 3.8) is 0 Å². The van der Waals surface area contributed by atoms with Crippen LogP contribution in [0, 0.1) is 0 Å². The molecule has 3 rings (SSSR count). The molecule has 0 spiro atoms. The van der Waals surface area contributed by atoms with Crippen LogP contribution < -0.4 is 21.2 Å². The average Bonchev–Trinajstić information content (AvgIpc) is 2.66. The summed E-state index contributed by atoms with van der Waals surface area (Å²) in [6, 6.07) is 13.7. The van der Waals surface area contributed by atoms with Crippen LogP contribution in [0.2, 0.25) is 0 Å². The van der Waals surface area contributed by atoms with E-state index in [9.17, 15) is 14.4 Å². The molecule has 1 atom stereocenters. The van der Waals surface area contributed by atoms with Crippen LogP contribution in [0.3, 0.4) is 0 Å². The molecule has 0 aliphatic heterocycles. The van der Waals surface area contributed by atoms with E-state index in [2.05, 4.69) is 10.4 Å². The molecule has 1 amide bonds. The van der Waals surface area contributed by atoms with Gasteiger partial charge in [-0.15, -0.1) is 0 Å². The summed E-state index contributed by atoms with van der Waals surface area (Å²) in [5, 5.41) is 5.88. The molecule has 2 N–H and O–H groups in total. The van der Waals surface area contributed by atoms with Gasteiger partial charge in [0.2, 0.25) is 5.91 Å². The van der Waals surface area contributed by atoms with E-state index in [4.69, 9.17) is 4.74 Å². The number of rotatable bonds is 6. The summed E-state index contributed by atoms with van der Waals surface area (Å²) in [4.78, 5) is 36.9. The summed E-state index contributed by atoms with van der Waals surface area (Å²) >= 11 is 0. The number of aromatic nitrogens is 2. The van der Waals surface area contributed by atoms with Crippen LogP contribution in [-0.2, 0) is 11.3 Å². The molecule has 7 heteroatoms. The van der Waals surface area contributed by atoms with Gasteiger partial charge in [0.25, 0.3) is 11.1 Å². The Morgan fingerprint density at radius 2 is 1.78 bits per heavy atom. The molecule has 1 aromatic heterocycles. The zero-order valence-corrected chi connectivity index (χ0v) is 15.2. The molecule has 0 bridgehead atoms. The predicted molar refractivity (Wildman–Crippen MR) is 103 cm³/mol. The van der Waals surface area contributed by atoms with E-state index in [1.165, 1.54) is 0 Å². The SMILES string of the molecule is CCOc1ccc([C@H](C)NC(=O)Cn2[nH]c(=O)c3ccccc3c2=O)cc1. The zero-order chi connectivity index (χ0) is 19.4. The maximum absolute atomic E-state index is 12.5. The van der Waals surface area contributed by atoms with Crippen LogP contribution in [-0.4, -0.2) is 22.3 Å². The smallest absolute Gasteiger partial charge is 0.273 e. The van der Waals surface area contributed by atoms with E-state index in [1.54, 1.807) is 24.3 Å². The Kier molecular flexibility index (Phi) is 5.40. The van der Waals surface area contributed by atoms with Gasteiger partial charge in [-0.1, -0.05) is 24.3 Å². The van der Waals surface area contributed by atoms with Crippen molar-refractivity contribution >= 4 is 16.7 Å². The van der Waals surface area contributed by atoms with E-state index in [-0.39, 0.29) is 23.9 Å². The maximum atomic E-state index is 12.5. The van der Waals surface area contributed by atoms with Crippen LogP contribution in [0.15, 0.2) is 58.1 Å². The fraction of sp³-hybridized carbons (Fsp3) is 0.250. The van der Waals surface area contributed by atoms with Crippen molar-refractivity contribution in [2.75, 3.05) is 6.61 Å². The number of ether oxygens (including phenoxy) is 1. The molecule has 7 nitrogen and oxygen atoms in total. The van der Waals surface area contributed by atoms with Gasteiger partial charge in [0.15, 0.2) is 0 Å². The third kappa shape index (κ3) is 4.08. The second-order valence-electron chi connectivity index (χ2n) is 6.17. The maximum Gasteiger partial charge on any atom is 0.273 e. The first-order chi connectivity index (χ1) is 13.0. The number of nitrogens with one attached hydrogen (secondary N) is 2. The topological polar surface area (TPSA) is 93.2 Å². The molecule has 140 valence electrons. The molecule has 0 fully saturated rings. The van der Waals surface area contributed by atoms with Crippen molar-refractivity contribution < 1.29 is 9.53 Å². The molecule has 27 heavy (non-hydrogen) atoms. The summed E-state index contributed by atoms with van der Waals surface area (Å²) in [6.45, 7) is 4.08. The Bertz CT molecular complexity index is 1070. The van der Waals surface area contributed by atoms with E-state index >= 15 is 0 Å². The lowest BCUT2D eigenvalue weighted by molar-refractivity contribution is -0.122. The van der Waals surface area contributed by atoms with Crippen LogP contribution in [0.5, 0.6) is 5.75 Å². The molecular formula is C20H21N3O4. The molecular weight excluding hydrogens is 346 g/mol. The Balaban J connectivity index is 1.74.